The average molecular weight is 294 g/mol. The minimum absolute atomic E-state index is 0.0757. The van der Waals surface area contributed by atoms with Gasteiger partial charge in [-0.3, -0.25) is 4.79 Å². The second kappa shape index (κ2) is 6.75. The van der Waals surface area contributed by atoms with Crippen LogP contribution in [0.5, 0.6) is 0 Å². The summed E-state index contributed by atoms with van der Waals surface area (Å²) in [5.74, 6) is 0.586. The van der Waals surface area contributed by atoms with E-state index in [0.29, 0.717) is 18.4 Å². The second-order valence-corrected chi connectivity index (χ2v) is 6.02. The zero-order chi connectivity index (χ0) is 15.4. The van der Waals surface area contributed by atoms with Gasteiger partial charge in [0.25, 0.3) is 0 Å². The summed E-state index contributed by atoms with van der Waals surface area (Å²) in [6.07, 6.45) is 3.42. The van der Waals surface area contributed by atoms with Gasteiger partial charge in [-0.25, -0.2) is 0 Å². The van der Waals surface area contributed by atoms with Gasteiger partial charge in [0.05, 0.1) is 0 Å². The third kappa shape index (κ3) is 3.95. The molecule has 1 aliphatic rings. The minimum atomic E-state index is 0.0757. The van der Waals surface area contributed by atoms with E-state index < -0.39 is 0 Å². The minimum Gasteiger partial charge on any atom is -0.327 e. The highest BCUT2D eigenvalue weighted by Gasteiger charge is 2.34. The van der Waals surface area contributed by atoms with E-state index in [-0.39, 0.29) is 5.91 Å². The van der Waals surface area contributed by atoms with Crippen LogP contribution in [0.2, 0.25) is 0 Å². The van der Waals surface area contributed by atoms with Gasteiger partial charge in [0, 0.05) is 24.1 Å². The topological polar surface area (TPSA) is 55.1 Å². The van der Waals surface area contributed by atoms with Crippen molar-refractivity contribution in [3.63, 3.8) is 0 Å². The first-order valence-electron chi connectivity index (χ1n) is 7.92. The predicted molar refractivity (Wildman–Crippen MR) is 89.8 cm³/mol. The number of hydrogen-bond acceptors (Lipinski definition) is 2. The van der Waals surface area contributed by atoms with Crippen molar-refractivity contribution in [2.24, 2.45) is 5.73 Å². The molecular weight excluding hydrogens is 272 g/mol. The Balaban J connectivity index is 1.43. The Morgan fingerprint density at radius 1 is 1.09 bits per heavy atom. The molecule has 0 aromatic heterocycles. The molecular formula is C19H22N2O. The molecule has 0 bridgehead atoms. The van der Waals surface area contributed by atoms with Crippen LogP contribution in [0.1, 0.15) is 36.3 Å². The van der Waals surface area contributed by atoms with Crippen molar-refractivity contribution in [2.45, 2.75) is 37.6 Å². The van der Waals surface area contributed by atoms with Gasteiger partial charge in [-0.1, -0.05) is 42.5 Å². The molecule has 1 fully saturated rings. The number of benzene rings is 2. The molecule has 2 atom stereocenters. The molecule has 0 saturated heterocycles. The van der Waals surface area contributed by atoms with Gasteiger partial charge in [0.1, 0.15) is 0 Å². The Morgan fingerprint density at radius 2 is 1.77 bits per heavy atom. The van der Waals surface area contributed by atoms with Crippen molar-refractivity contribution in [3.05, 3.63) is 65.7 Å². The molecule has 22 heavy (non-hydrogen) atoms. The Kier molecular flexibility index (Phi) is 4.54. The van der Waals surface area contributed by atoms with Crippen LogP contribution in [0.25, 0.3) is 0 Å². The Bertz CT molecular complexity index is 622. The monoisotopic (exact) mass is 294 g/mol. The van der Waals surface area contributed by atoms with E-state index in [1.807, 2.05) is 30.3 Å². The van der Waals surface area contributed by atoms with Crippen LogP contribution in [0.4, 0.5) is 5.69 Å². The lowest BCUT2D eigenvalue weighted by molar-refractivity contribution is -0.116. The molecule has 114 valence electrons. The first-order valence-corrected chi connectivity index (χ1v) is 7.92. The molecule has 1 amide bonds. The number of nitrogens with one attached hydrogen (secondary N) is 1. The van der Waals surface area contributed by atoms with Gasteiger partial charge in [-0.2, -0.15) is 0 Å². The van der Waals surface area contributed by atoms with Crippen LogP contribution in [0, 0.1) is 0 Å². The predicted octanol–water partition coefficient (Wildman–Crippen LogP) is 3.46. The maximum Gasteiger partial charge on any atom is 0.224 e. The number of rotatable bonds is 6. The number of amides is 1. The number of carbonyl (C=O) groups is 1. The van der Waals surface area contributed by atoms with Crippen molar-refractivity contribution in [2.75, 3.05) is 5.32 Å². The van der Waals surface area contributed by atoms with E-state index in [1.165, 1.54) is 11.1 Å². The summed E-state index contributed by atoms with van der Waals surface area (Å²) in [5, 5.41) is 2.96. The highest BCUT2D eigenvalue weighted by atomic mass is 16.1. The Hall–Kier alpha value is -2.13. The molecule has 3 rings (SSSR count). The van der Waals surface area contributed by atoms with Crippen molar-refractivity contribution in [1.29, 1.82) is 0 Å². The molecule has 0 radical (unpaired) electrons. The maximum absolute atomic E-state index is 12.0. The molecule has 2 aromatic carbocycles. The summed E-state index contributed by atoms with van der Waals surface area (Å²) in [6.45, 7) is 0. The second-order valence-electron chi connectivity index (χ2n) is 6.02. The smallest absolute Gasteiger partial charge is 0.224 e. The molecule has 0 heterocycles. The zero-order valence-corrected chi connectivity index (χ0v) is 12.7. The molecule has 1 saturated carbocycles. The third-order valence-electron chi connectivity index (χ3n) is 4.17. The summed E-state index contributed by atoms with van der Waals surface area (Å²) in [6, 6.07) is 18.6. The van der Waals surface area contributed by atoms with Gasteiger partial charge in [-0.15, -0.1) is 0 Å². The fourth-order valence-electron chi connectivity index (χ4n) is 2.73. The highest BCUT2D eigenvalue weighted by molar-refractivity contribution is 5.90. The SMILES string of the molecule is NC1CC1c1ccc(NC(=O)CCCc2ccccc2)cc1. The Morgan fingerprint density at radius 3 is 2.41 bits per heavy atom. The molecule has 3 nitrogen and oxygen atoms in total. The maximum atomic E-state index is 12.0. The summed E-state index contributed by atoms with van der Waals surface area (Å²) in [7, 11) is 0. The van der Waals surface area contributed by atoms with Crippen molar-refractivity contribution in [1.82, 2.24) is 0 Å². The van der Waals surface area contributed by atoms with Crippen molar-refractivity contribution >= 4 is 11.6 Å². The summed E-state index contributed by atoms with van der Waals surface area (Å²) in [4.78, 5) is 12.0. The van der Waals surface area contributed by atoms with Gasteiger partial charge in [0.2, 0.25) is 5.91 Å². The number of nitrogens with two attached hydrogens (primary N) is 1. The normalized spacial score (nSPS) is 19.7. The number of carbonyl (C=O) groups excluding carboxylic acids is 1. The molecule has 2 unspecified atom stereocenters. The fraction of sp³-hybridized carbons (Fsp3) is 0.316. The molecule has 3 N–H and O–H groups in total. The molecule has 0 spiro atoms. The van der Waals surface area contributed by atoms with Gasteiger partial charge >= 0.3 is 0 Å². The van der Waals surface area contributed by atoms with Gasteiger partial charge < -0.3 is 11.1 Å². The van der Waals surface area contributed by atoms with Crippen LogP contribution in [0.15, 0.2) is 54.6 Å². The summed E-state index contributed by atoms with van der Waals surface area (Å²) >= 11 is 0. The van der Waals surface area contributed by atoms with E-state index in [4.69, 9.17) is 5.73 Å². The summed E-state index contributed by atoms with van der Waals surface area (Å²) in [5.41, 5.74) is 9.26. The lowest BCUT2D eigenvalue weighted by atomic mass is 10.1. The molecule has 0 aliphatic heterocycles. The van der Waals surface area contributed by atoms with Crippen LogP contribution in [-0.2, 0) is 11.2 Å². The van der Waals surface area contributed by atoms with Gasteiger partial charge in [0.15, 0.2) is 0 Å². The number of aryl methyl sites for hydroxylation is 1. The van der Waals surface area contributed by atoms with Crippen molar-refractivity contribution < 1.29 is 4.79 Å². The fourth-order valence-corrected chi connectivity index (χ4v) is 2.73. The van der Waals surface area contributed by atoms with Crippen LogP contribution >= 0.6 is 0 Å². The third-order valence-corrected chi connectivity index (χ3v) is 4.17. The number of hydrogen-bond donors (Lipinski definition) is 2. The first-order chi connectivity index (χ1) is 10.7. The van der Waals surface area contributed by atoms with E-state index >= 15 is 0 Å². The average Bonchev–Trinajstić information content (AvgIpc) is 3.26. The van der Waals surface area contributed by atoms with Crippen LogP contribution < -0.4 is 11.1 Å². The number of anilines is 1. The van der Waals surface area contributed by atoms with Crippen LogP contribution in [0.3, 0.4) is 0 Å². The standard InChI is InChI=1S/C19H22N2O/c20-18-13-17(18)15-9-11-16(12-10-15)21-19(22)8-4-7-14-5-2-1-3-6-14/h1-3,5-6,9-12,17-18H,4,7-8,13,20H2,(H,21,22). The first kappa shape index (κ1) is 14.8. The molecule has 3 heteroatoms. The molecule has 1 aliphatic carbocycles. The van der Waals surface area contributed by atoms with E-state index in [2.05, 4.69) is 29.6 Å². The van der Waals surface area contributed by atoms with E-state index in [9.17, 15) is 4.79 Å². The molecule has 2 aromatic rings. The van der Waals surface area contributed by atoms with E-state index in [1.54, 1.807) is 0 Å². The lowest BCUT2D eigenvalue weighted by Gasteiger charge is -2.06. The quantitative estimate of drug-likeness (QED) is 0.857. The Labute approximate surface area is 131 Å². The van der Waals surface area contributed by atoms with Crippen LogP contribution in [-0.4, -0.2) is 11.9 Å². The van der Waals surface area contributed by atoms with Gasteiger partial charge in [-0.05, 0) is 42.5 Å². The van der Waals surface area contributed by atoms with E-state index in [0.717, 1.165) is 24.9 Å². The summed E-state index contributed by atoms with van der Waals surface area (Å²) < 4.78 is 0. The highest BCUT2D eigenvalue weighted by Crippen LogP contribution is 2.39. The lowest BCUT2D eigenvalue weighted by Crippen LogP contribution is -2.11. The van der Waals surface area contributed by atoms with Crippen molar-refractivity contribution in [3.8, 4) is 0 Å². The largest absolute Gasteiger partial charge is 0.327 e. The zero-order valence-electron chi connectivity index (χ0n) is 12.7.